The second-order valence-electron chi connectivity index (χ2n) is 6.37. The van der Waals surface area contributed by atoms with Crippen LogP contribution in [0.4, 0.5) is 0 Å². The Labute approximate surface area is 141 Å². The minimum absolute atomic E-state index is 0.0587. The number of likely N-dealkylation sites (tertiary alicyclic amines) is 1. The van der Waals surface area contributed by atoms with Crippen molar-refractivity contribution in [1.29, 1.82) is 0 Å². The van der Waals surface area contributed by atoms with Gasteiger partial charge >= 0.3 is 5.97 Å². The van der Waals surface area contributed by atoms with Gasteiger partial charge in [0, 0.05) is 19.0 Å². The van der Waals surface area contributed by atoms with Gasteiger partial charge in [-0.15, -0.1) is 0 Å². The van der Waals surface area contributed by atoms with E-state index in [0.29, 0.717) is 19.4 Å². The topological polar surface area (TPSA) is 110 Å². The van der Waals surface area contributed by atoms with E-state index in [9.17, 15) is 22.8 Å². The highest BCUT2D eigenvalue weighted by Crippen LogP contribution is 2.13. The van der Waals surface area contributed by atoms with E-state index >= 15 is 0 Å². The van der Waals surface area contributed by atoms with Gasteiger partial charge in [0.2, 0.25) is 5.91 Å². The molecule has 24 heavy (non-hydrogen) atoms. The Morgan fingerprint density at radius 3 is 2.75 bits per heavy atom. The molecule has 2 aliphatic rings. The van der Waals surface area contributed by atoms with Gasteiger partial charge in [-0.1, -0.05) is 6.42 Å². The van der Waals surface area contributed by atoms with Gasteiger partial charge in [-0.25, -0.2) is 8.42 Å². The van der Waals surface area contributed by atoms with E-state index in [1.54, 1.807) is 0 Å². The number of rotatable bonds is 5. The number of amides is 2. The van der Waals surface area contributed by atoms with E-state index in [1.807, 2.05) is 0 Å². The molecule has 2 saturated heterocycles. The van der Waals surface area contributed by atoms with Gasteiger partial charge in [0.15, 0.2) is 15.9 Å². The molecule has 9 heteroatoms. The fourth-order valence-electron chi connectivity index (χ4n) is 2.88. The van der Waals surface area contributed by atoms with E-state index in [2.05, 4.69) is 5.32 Å². The first-order valence-electron chi connectivity index (χ1n) is 8.25. The van der Waals surface area contributed by atoms with Crippen LogP contribution in [0.15, 0.2) is 0 Å². The summed E-state index contributed by atoms with van der Waals surface area (Å²) in [6.07, 6.45) is 2.41. The number of esters is 1. The van der Waals surface area contributed by atoms with Crippen molar-refractivity contribution < 1.29 is 27.5 Å². The molecule has 2 atom stereocenters. The molecule has 136 valence electrons. The summed E-state index contributed by atoms with van der Waals surface area (Å²) in [5, 5.41) is 2.59. The lowest BCUT2D eigenvalue weighted by Crippen LogP contribution is -2.44. The number of nitrogens with one attached hydrogen (secondary N) is 1. The molecule has 0 bridgehead atoms. The third-order valence-electron chi connectivity index (χ3n) is 4.25. The lowest BCUT2D eigenvalue weighted by molar-refractivity contribution is -0.157. The summed E-state index contributed by atoms with van der Waals surface area (Å²) in [4.78, 5) is 37.2. The average molecular weight is 360 g/mol. The zero-order valence-electron chi connectivity index (χ0n) is 13.8. The van der Waals surface area contributed by atoms with Gasteiger partial charge in [-0.3, -0.25) is 14.4 Å². The van der Waals surface area contributed by atoms with Gasteiger partial charge in [0.1, 0.15) is 6.54 Å². The van der Waals surface area contributed by atoms with E-state index in [0.717, 1.165) is 19.3 Å². The van der Waals surface area contributed by atoms with Crippen LogP contribution < -0.4 is 5.32 Å². The van der Waals surface area contributed by atoms with Gasteiger partial charge in [0.25, 0.3) is 5.91 Å². The summed E-state index contributed by atoms with van der Waals surface area (Å²) in [6.45, 7) is 1.80. The van der Waals surface area contributed by atoms with E-state index < -0.39 is 33.9 Å². The predicted molar refractivity (Wildman–Crippen MR) is 85.8 cm³/mol. The number of ether oxygens (including phenoxy) is 1. The number of hydrogen-bond donors (Lipinski definition) is 1. The molecule has 2 fully saturated rings. The highest BCUT2D eigenvalue weighted by molar-refractivity contribution is 7.91. The fraction of sp³-hybridized carbons (Fsp3) is 0.800. The van der Waals surface area contributed by atoms with Crippen LogP contribution in [0.3, 0.4) is 0 Å². The second-order valence-corrected chi connectivity index (χ2v) is 8.60. The lowest BCUT2D eigenvalue weighted by Gasteiger charge is -2.21. The summed E-state index contributed by atoms with van der Waals surface area (Å²) in [5.74, 6) is -1.25. The van der Waals surface area contributed by atoms with Crippen molar-refractivity contribution in [3.8, 4) is 0 Å². The van der Waals surface area contributed by atoms with E-state index in [-0.39, 0.29) is 24.0 Å². The molecule has 0 radical (unpaired) electrons. The van der Waals surface area contributed by atoms with Crippen molar-refractivity contribution in [3.05, 3.63) is 0 Å². The zero-order chi connectivity index (χ0) is 17.7. The maximum Gasteiger partial charge on any atom is 0.326 e. The Bertz CT molecular complexity index is 603. The minimum atomic E-state index is -3.09. The van der Waals surface area contributed by atoms with Crippen molar-refractivity contribution in [3.63, 3.8) is 0 Å². The molecule has 1 N–H and O–H groups in total. The maximum atomic E-state index is 12.0. The molecule has 2 heterocycles. The SMILES string of the molecule is C[C@@H](OC(=O)CN1CCCCCC1=O)C(=O)N[C@H]1CCS(=O)(=O)C1. The standard InChI is InChI=1S/C15H24N2O6S/c1-11(15(20)16-12-6-8-24(21,22)10-12)23-14(19)9-17-7-4-2-3-5-13(17)18/h11-12H,2-10H2,1H3,(H,16,20)/t11-,12+/m1/s1. The van der Waals surface area contributed by atoms with Crippen LogP contribution in [-0.4, -0.2) is 67.8 Å². The molecule has 0 aromatic rings. The molecule has 2 rings (SSSR count). The molecule has 0 unspecified atom stereocenters. The average Bonchev–Trinajstić information content (AvgIpc) is 2.70. The maximum absolute atomic E-state index is 12.0. The van der Waals surface area contributed by atoms with Crippen molar-refractivity contribution in [2.24, 2.45) is 0 Å². The van der Waals surface area contributed by atoms with Crippen molar-refractivity contribution in [1.82, 2.24) is 10.2 Å². The highest BCUT2D eigenvalue weighted by atomic mass is 32.2. The smallest absolute Gasteiger partial charge is 0.326 e. The van der Waals surface area contributed by atoms with Crippen molar-refractivity contribution in [2.45, 2.75) is 51.2 Å². The van der Waals surface area contributed by atoms with Crippen LogP contribution in [0.2, 0.25) is 0 Å². The molecule has 0 aromatic heterocycles. The molecule has 0 aliphatic carbocycles. The Morgan fingerprint density at radius 1 is 1.33 bits per heavy atom. The third kappa shape index (κ3) is 5.47. The van der Waals surface area contributed by atoms with Crippen LogP contribution in [-0.2, 0) is 29.0 Å². The Kier molecular flexibility index (Phi) is 6.20. The first-order chi connectivity index (χ1) is 11.3. The van der Waals surface area contributed by atoms with Crippen molar-refractivity contribution >= 4 is 27.6 Å². The molecule has 2 aliphatic heterocycles. The third-order valence-corrected chi connectivity index (χ3v) is 6.02. The summed E-state index contributed by atoms with van der Waals surface area (Å²) >= 11 is 0. The molecule has 0 spiro atoms. The summed E-state index contributed by atoms with van der Waals surface area (Å²) < 4.78 is 27.8. The first-order valence-corrected chi connectivity index (χ1v) is 10.1. The van der Waals surface area contributed by atoms with Gasteiger partial charge in [-0.05, 0) is 26.2 Å². The van der Waals surface area contributed by atoms with Gasteiger partial charge in [-0.2, -0.15) is 0 Å². The Balaban J connectivity index is 1.78. The van der Waals surface area contributed by atoms with Gasteiger partial charge < -0.3 is 15.0 Å². The van der Waals surface area contributed by atoms with E-state index in [4.69, 9.17) is 4.74 Å². The zero-order valence-corrected chi connectivity index (χ0v) is 14.6. The van der Waals surface area contributed by atoms with Crippen LogP contribution in [0.5, 0.6) is 0 Å². The second kappa shape index (κ2) is 7.96. The molecular formula is C15H24N2O6S. The van der Waals surface area contributed by atoms with Crippen LogP contribution in [0, 0.1) is 0 Å². The predicted octanol–water partition coefficient (Wildman–Crippen LogP) is -0.376. The monoisotopic (exact) mass is 360 g/mol. The summed E-state index contributed by atoms with van der Waals surface area (Å²) in [7, 11) is -3.09. The van der Waals surface area contributed by atoms with Crippen LogP contribution in [0.1, 0.15) is 39.0 Å². The number of nitrogens with zero attached hydrogens (tertiary/aromatic N) is 1. The number of carbonyl (C=O) groups is 3. The largest absolute Gasteiger partial charge is 0.451 e. The molecule has 2 amide bonds. The Morgan fingerprint density at radius 2 is 2.08 bits per heavy atom. The summed E-state index contributed by atoms with van der Waals surface area (Å²) in [5.41, 5.74) is 0. The molecule has 8 nitrogen and oxygen atoms in total. The summed E-state index contributed by atoms with van der Waals surface area (Å²) in [6, 6.07) is -0.434. The normalized spacial score (nSPS) is 25.0. The molecule has 0 aromatic carbocycles. The lowest BCUT2D eigenvalue weighted by atomic mass is 10.2. The van der Waals surface area contributed by atoms with E-state index in [1.165, 1.54) is 11.8 Å². The fourth-order valence-corrected chi connectivity index (χ4v) is 4.55. The van der Waals surface area contributed by atoms with Gasteiger partial charge in [0.05, 0.1) is 11.5 Å². The quantitative estimate of drug-likeness (QED) is 0.670. The first kappa shape index (κ1) is 18.7. The highest BCUT2D eigenvalue weighted by Gasteiger charge is 2.31. The molecular weight excluding hydrogens is 336 g/mol. The minimum Gasteiger partial charge on any atom is -0.451 e. The molecule has 0 saturated carbocycles. The number of sulfone groups is 1. The van der Waals surface area contributed by atoms with Crippen molar-refractivity contribution in [2.75, 3.05) is 24.6 Å². The van der Waals surface area contributed by atoms with Crippen LogP contribution in [0.25, 0.3) is 0 Å². The number of hydrogen-bond acceptors (Lipinski definition) is 6. The van der Waals surface area contributed by atoms with Crippen LogP contribution >= 0.6 is 0 Å². The number of carbonyl (C=O) groups excluding carboxylic acids is 3. The Hall–Kier alpha value is -1.64.